The number of thiazole rings is 1. The van der Waals surface area contributed by atoms with Crippen molar-refractivity contribution in [1.29, 1.82) is 5.26 Å². The fourth-order valence-corrected chi connectivity index (χ4v) is 4.73. The Balaban J connectivity index is 1.87. The molecule has 0 N–H and O–H groups in total. The van der Waals surface area contributed by atoms with Gasteiger partial charge in [0, 0.05) is 22.8 Å². The first-order chi connectivity index (χ1) is 13.9. The van der Waals surface area contributed by atoms with Gasteiger partial charge >= 0.3 is 0 Å². The van der Waals surface area contributed by atoms with Gasteiger partial charge in [0.15, 0.2) is 5.13 Å². The number of anilines is 2. The molecule has 3 aromatic heterocycles. The van der Waals surface area contributed by atoms with E-state index in [1.54, 1.807) is 12.1 Å². The summed E-state index contributed by atoms with van der Waals surface area (Å²) in [5, 5.41) is 15.1. The van der Waals surface area contributed by atoms with E-state index in [9.17, 15) is 9.65 Å². The van der Waals surface area contributed by atoms with Crippen LogP contribution in [0.1, 0.15) is 23.2 Å². The van der Waals surface area contributed by atoms with Gasteiger partial charge in [-0.2, -0.15) is 10.4 Å². The zero-order valence-corrected chi connectivity index (χ0v) is 18.5. The lowest BCUT2D eigenvalue weighted by molar-refractivity contribution is 0.628. The highest BCUT2D eigenvalue weighted by atomic mass is 79.9. The maximum absolute atomic E-state index is 13.3. The molecular weight excluding hydrogens is 453 g/mol. The molecule has 4 aromatic rings. The van der Waals surface area contributed by atoms with Crippen LogP contribution in [0, 0.1) is 24.1 Å². The van der Waals surface area contributed by atoms with Gasteiger partial charge in [-0.15, -0.1) is 0 Å². The Morgan fingerprint density at radius 3 is 2.66 bits per heavy atom. The molecule has 0 fully saturated rings. The minimum atomic E-state index is -0.320. The summed E-state index contributed by atoms with van der Waals surface area (Å²) < 4.78 is 16.2. The summed E-state index contributed by atoms with van der Waals surface area (Å²) in [6.45, 7) is 4.08. The number of rotatable bonds is 4. The molecule has 0 spiro atoms. The molecule has 0 amide bonds. The third-order valence-electron chi connectivity index (χ3n) is 4.71. The Kier molecular flexibility index (Phi) is 5.11. The molecule has 0 radical (unpaired) electrons. The number of pyridine rings is 1. The summed E-state index contributed by atoms with van der Waals surface area (Å²) in [7, 11) is 1.93. The molecule has 146 valence electrons. The normalized spacial score (nSPS) is 11.0. The van der Waals surface area contributed by atoms with Crippen molar-refractivity contribution in [3.8, 4) is 17.3 Å². The second-order valence-corrected chi connectivity index (χ2v) is 8.51. The van der Waals surface area contributed by atoms with Gasteiger partial charge in [0.2, 0.25) is 0 Å². The summed E-state index contributed by atoms with van der Waals surface area (Å²) in [5.74, 6) is -0.320. The van der Waals surface area contributed by atoms with Crippen molar-refractivity contribution in [2.24, 2.45) is 0 Å². The third kappa shape index (κ3) is 3.41. The predicted octanol–water partition coefficient (Wildman–Crippen LogP) is 5.87. The van der Waals surface area contributed by atoms with Crippen molar-refractivity contribution in [3.63, 3.8) is 0 Å². The van der Waals surface area contributed by atoms with Crippen LogP contribution in [-0.4, -0.2) is 21.6 Å². The van der Waals surface area contributed by atoms with Crippen LogP contribution in [0.4, 0.5) is 15.2 Å². The molecule has 0 saturated carbocycles. The lowest BCUT2D eigenvalue weighted by Crippen LogP contribution is -2.10. The molecule has 0 aliphatic carbocycles. The minimum Gasteiger partial charge on any atom is -0.317 e. The average Bonchev–Trinajstić information content (AvgIpc) is 3.29. The Labute approximate surface area is 180 Å². The number of aryl methyl sites for hydroxylation is 2. The van der Waals surface area contributed by atoms with Gasteiger partial charge in [0.25, 0.3) is 0 Å². The van der Waals surface area contributed by atoms with Crippen LogP contribution in [-0.2, 0) is 6.42 Å². The van der Waals surface area contributed by atoms with Gasteiger partial charge in [-0.3, -0.25) is 0 Å². The van der Waals surface area contributed by atoms with Crippen LogP contribution in [0.5, 0.6) is 0 Å². The van der Waals surface area contributed by atoms with Gasteiger partial charge in [0.1, 0.15) is 22.5 Å². The topological polar surface area (TPSA) is 57.2 Å². The number of halogens is 2. The van der Waals surface area contributed by atoms with Gasteiger partial charge in [0.05, 0.1) is 16.9 Å². The summed E-state index contributed by atoms with van der Waals surface area (Å²) in [5.41, 5.74) is 5.17. The summed E-state index contributed by atoms with van der Waals surface area (Å²) >= 11 is 4.88. The Morgan fingerprint density at radius 1 is 1.28 bits per heavy atom. The van der Waals surface area contributed by atoms with E-state index in [1.807, 2.05) is 35.5 Å². The molecule has 5 nitrogen and oxygen atoms in total. The van der Waals surface area contributed by atoms with E-state index in [2.05, 4.69) is 28.9 Å². The molecule has 4 rings (SSSR count). The predicted molar refractivity (Wildman–Crippen MR) is 117 cm³/mol. The summed E-state index contributed by atoms with van der Waals surface area (Å²) in [6.07, 6.45) is 0.764. The number of aromatic nitrogens is 3. The number of benzene rings is 1. The van der Waals surface area contributed by atoms with E-state index in [-0.39, 0.29) is 5.82 Å². The fourth-order valence-electron chi connectivity index (χ4n) is 3.33. The van der Waals surface area contributed by atoms with E-state index < -0.39 is 0 Å². The smallest absolute Gasteiger partial charge is 0.191 e. The average molecular weight is 470 g/mol. The van der Waals surface area contributed by atoms with Crippen LogP contribution in [0.25, 0.3) is 16.8 Å². The van der Waals surface area contributed by atoms with Crippen LogP contribution in [0.3, 0.4) is 0 Å². The third-order valence-corrected chi connectivity index (χ3v) is 6.21. The number of nitriles is 1. The molecule has 0 bridgehead atoms. The Morgan fingerprint density at radius 2 is 2.00 bits per heavy atom. The number of nitrogens with zero attached hydrogens (tertiary/aromatic N) is 5. The number of hydrogen-bond acceptors (Lipinski definition) is 5. The first kappa shape index (κ1) is 19.6. The van der Waals surface area contributed by atoms with Crippen molar-refractivity contribution in [1.82, 2.24) is 14.6 Å². The van der Waals surface area contributed by atoms with Crippen molar-refractivity contribution < 1.29 is 4.39 Å². The fraction of sp³-hybridized carbons (Fsp3) is 0.190. The molecule has 0 saturated heterocycles. The van der Waals surface area contributed by atoms with E-state index in [0.29, 0.717) is 21.3 Å². The van der Waals surface area contributed by atoms with E-state index in [4.69, 9.17) is 10.1 Å². The highest BCUT2D eigenvalue weighted by molar-refractivity contribution is 9.10. The quantitative estimate of drug-likeness (QED) is 0.374. The van der Waals surface area contributed by atoms with Gasteiger partial charge < -0.3 is 4.90 Å². The molecule has 1 aromatic carbocycles. The molecular formula is C21H17BrFN5S. The lowest BCUT2D eigenvalue weighted by Gasteiger charge is -2.16. The molecule has 0 aliphatic heterocycles. The van der Waals surface area contributed by atoms with Gasteiger partial charge in [-0.25, -0.2) is 13.9 Å². The van der Waals surface area contributed by atoms with Crippen molar-refractivity contribution >= 4 is 43.6 Å². The van der Waals surface area contributed by atoms with Gasteiger partial charge in [-0.1, -0.05) is 34.2 Å². The summed E-state index contributed by atoms with van der Waals surface area (Å²) in [4.78, 5) is 7.18. The molecule has 3 heterocycles. The standard InChI is InChI=1S/C21H17BrFN5S/c1-4-16-20(17-10-14(22)9-12(2)28(17)26-16)27(3)21-25-19(18(11-24)29-21)13-5-7-15(23)8-6-13/h5-10H,4H2,1-3H3. The second-order valence-electron chi connectivity index (χ2n) is 6.61. The first-order valence-electron chi connectivity index (χ1n) is 9.01. The maximum atomic E-state index is 13.3. The van der Waals surface area contributed by atoms with Gasteiger partial charge in [-0.05, 0) is 49.7 Å². The minimum absolute atomic E-state index is 0.320. The SMILES string of the molecule is CCc1nn2c(C)cc(Br)cc2c1N(C)c1nc(-c2ccc(F)cc2)c(C#N)s1. The Bertz CT molecular complexity index is 1250. The zero-order valence-electron chi connectivity index (χ0n) is 16.1. The van der Waals surface area contributed by atoms with E-state index in [1.165, 1.54) is 23.5 Å². The van der Waals surface area contributed by atoms with E-state index in [0.717, 1.165) is 33.5 Å². The number of fused-ring (bicyclic) bond motifs is 1. The summed E-state index contributed by atoms with van der Waals surface area (Å²) in [6, 6.07) is 12.3. The largest absolute Gasteiger partial charge is 0.317 e. The highest BCUT2D eigenvalue weighted by Crippen LogP contribution is 2.38. The van der Waals surface area contributed by atoms with Crippen molar-refractivity contribution in [3.05, 3.63) is 63.0 Å². The molecule has 29 heavy (non-hydrogen) atoms. The highest BCUT2D eigenvalue weighted by Gasteiger charge is 2.22. The molecule has 0 aliphatic rings. The van der Waals surface area contributed by atoms with Crippen molar-refractivity contribution in [2.75, 3.05) is 11.9 Å². The maximum Gasteiger partial charge on any atom is 0.191 e. The van der Waals surface area contributed by atoms with Crippen LogP contribution < -0.4 is 4.90 Å². The Hall–Kier alpha value is -2.76. The molecule has 0 unspecified atom stereocenters. The second kappa shape index (κ2) is 7.58. The molecule has 8 heteroatoms. The van der Waals surface area contributed by atoms with Crippen LogP contribution >= 0.6 is 27.3 Å². The van der Waals surface area contributed by atoms with Crippen LogP contribution in [0.15, 0.2) is 40.9 Å². The van der Waals surface area contributed by atoms with Crippen LogP contribution in [0.2, 0.25) is 0 Å². The lowest BCUT2D eigenvalue weighted by atomic mass is 10.1. The van der Waals surface area contributed by atoms with Crippen molar-refractivity contribution in [2.45, 2.75) is 20.3 Å². The molecule has 0 atom stereocenters. The number of hydrogen-bond donors (Lipinski definition) is 0. The first-order valence-corrected chi connectivity index (χ1v) is 10.6. The van der Waals surface area contributed by atoms with E-state index >= 15 is 0 Å². The monoisotopic (exact) mass is 469 g/mol. The zero-order chi connectivity index (χ0) is 20.7.